The minimum absolute atomic E-state index is 0.0705. The van der Waals surface area contributed by atoms with Gasteiger partial charge < -0.3 is 23.5 Å². The molecule has 3 rings (SSSR count). The van der Waals surface area contributed by atoms with Crippen LogP contribution < -0.4 is 14.2 Å². The highest BCUT2D eigenvalue weighted by molar-refractivity contribution is 7.89. The van der Waals surface area contributed by atoms with Crippen molar-refractivity contribution in [3.63, 3.8) is 0 Å². The molecule has 49 heavy (non-hydrogen) atoms. The maximum atomic E-state index is 13.1. The van der Waals surface area contributed by atoms with Gasteiger partial charge in [0.2, 0.25) is 17.4 Å². The van der Waals surface area contributed by atoms with Gasteiger partial charge in [0.15, 0.2) is 0 Å². The standard InChI is InChI=1S/C34H40N3O10PS/c1-43-30-16-12-26(24-25-10-13-27(14-11-25)49(41,42)37-29(34(39)45-3)15-17-32(38)44-2)33-28(30)8-4-9-31(33)46-20-7-21-47-48(40,22-5-18-35)23-6-19-36/h4,8-14,16,29,37H,5-7,15,17,20-24H2,1-3H3/t29-/m0/s1. The van der Waals surface area contributed by atoms with Crippen LogP contribution in [-0.2, 0) is 44.6 Å². The molecule has 15 heteroatoms. The number of nitriles is 2. The molecular formula is C34H40N3O10PS. The Morgan fingerprint density at radius 2 is 1.59 bits per heavy atom. The van der Waals surface area contributed by atoms with Crippen LogP contribution in [0.25, 0.3) is 10.8 Å². The van der Waals surface area contributed by atoms with Crippen molar-refractivity contribution in [2.45, 2.75) is 49.5 Å². The van der Waals surface area contributed by atoms with E-state index in [2.05, 4.69) is 9.46 Å². The van der Waals surface area contributed by atoms with Crippen LogP contribution in [0.3, 0.4) is 0 Å². The summed E-state index contributed by atoms with van der Waals surface area (Å²) in [5.74, 6) is -0.183. The zero-order valence-corrected chi connectivity index (χ0v) is 29.4. The smallest absolute Gasteiger partial charge is 0.323 e. The summed E-state index contributed by atoms with van der Waals surface area (Å²) < 4.78 is 68.3. The van der Waals surface area contributed by atoms with E-state index in [1.54, 1.807) is 19.2 Å². The Bertz CT molecular complexity index is 1810. The number of sulfonamides is 1. The van der Waals surface area contributed by atoms with Gasteiger partial charge in [-0.25, -0.2) is 8.42 Å². The molecular weight excluding hydrogens is 673 g/mol. The number of fused-ring (bicyclic) bond motifs is 1. The minimum Gasteiger partial charge on any atom is -0.496 e. The lowest BCUT2D eigenvalue weighted by molar-refractivity contribution is -0.144. The molecule has 13 nitrogen and oxygen atoms in total. The third kappa shape index (κ3) is 11.3. The number of carbonyl (C=O) groups is 2. The highest BCUT2D eigenvalue weighted by Gasteiger charge is 2.27. The largest absolute Gasteiger partial charge is 0.496 e. The number of esters is 2. The summed E-state index contributed by atoms with van der Waals surface area (Å²) >= 11 is 0. The van der Waals surface area contributed by atoms with E-state index in [1.165, 1.54) is 19.2 Å². The predicted octanol–water partition coefficient (Wildman–Crippen LogP) is 5.10. The molecule has 0 radical (unpaired) electrons. The molecule has 0 bridgehead atoms. The number of rotatable bonds is 20. The number of hydrogen-bond acceptors (Lipinski definition) is 12. The van der Waals surface area contributed by atoms with Gasteiger partial charge in [-0.2, -0.15) is 15.2 Å². The van der Waals surface area contributed by atoms with E-state index in [1.807, 2.05) is 42.5 Å². The molecule has 3 aromatic rings. The van der Waals surface area contributed by atoms with E-state index >= 15 is 0 Å². The van der Waals surface area contributed by atoms with E-state index < -0.39 is 35.4 Å². The molecule has 3 aromatic carbocycles. The molecule has 0 amide bonds. The molecule has 1 atom stereocenters. The van der Waals surface area contributed by atoms with Gasteiger partial charge in [0.05, 0.1) is 51.6 Å². The van der Waals surface area contributed by atoms with Crippen molar-refractivity contribution in [1.29, 1.82) is 10.5 Å². The summed E-state index contributed by atoms with van der Waals surface area (Å²) in [6, 6.07) is 18.2. The fourth-order valence-electron chi connectivity index (χ4n) is 5.01. The summed E-state index contributed by atoms with van der Waals surface area (Å²) in [7, 11) is -3.33. The molecule has 1 N–H and O–H groups in total. The average Bonchev–Trinajstić information content (AvgIpc) is 3.11. The lowest BCUT2D eigenvalue weighted by Gasteiger charge is -2.18. The second-order valence-corrected chi connectivity index (χ2v) is 15.3. The number of ether oxygens (including phenoxy) is 4. The number of nitrogens with one attached hydrogen (secondary N) is 1. The Hall–Kier alpha value is -4.46. The summed E-state index contributed by atoms with van der Waals surface area (Å²) in [6.45, 7) is 0.392. The van der Waals surface area contributed by atoms with Gasteiger partial charge in [0.1, 0.15) is 17.5 Å². The lowest BCUT2D eigenvalue weighted by atomic mass is 9.97. The highest BCUT2D eigenvalue weighted by Crippen LogP contribution is 2.48. The first kappa shape index (κ1) is 39.0. The first-order valence-electron chi connectivity index (χ1n) is 15.4. The molecule has 0 fully saturated rings. The van der Waals surface area contributed by atoms with Crippen LogP contribution >= 0.6 is 7.37 Å². The SMILES string of the molecule is COC(=O)CC[C@H](NS(=O)(=O)c1ccc(Cc2ccc(OC)c3cccc(OCCCOP(=O)(CCC#N)CCC#N)c23)cc1)C(=O)OC. The quantitative estimate of drug-likeness (QED) is 0.0927. The van der Waals surface area contributed by atoms with E-state index in [0.29, 0.717) is 24.3 Å². The average molecular weight is 714 g/mol. The second kappa shape index (κ2) is 18.9. The van der Waals surface area contributed by atoms with E-state index in [4.69, 9.17) is 29.3 Å². The molecule has 0 aliphatic heterocycles. The maximum absolute atomic E-state index is 13.1. The maximum Gasteiger partial charge on any atom is 0.323 e. The number of methoxy groups -OCH3 is 3. The highest BCUT2D eigenvalue weighted by atomic mass is 32.2. The van der Waals surface area contributed by atoms with Crippen molar-refractivity contribution in [1.82, 2.24) is 4.72 Å². The van der Waals surface area contributed by atoms with Crippen molar-refractivity contribution >= 4 is 40.1 Å². The molecule has 0 saturated heterocycles. The van der Waals surface area contributed by atoms with Gasteiger partial charge in [-0.3, -0.25) is 14.2 Å². The normalized spacial score (nSPS) is 12.0. The summed E-state index contributed by atoms with van der Waals surface area (Å²) in [5, 5.41) is 19.4. The number of benzene rings is 3. The summed E-state index contributed by atoms with van der Waals surface area (Å²) in [5.41, 5.74) is 1.69. The van der Waals surface area contributed by atoms with E-state index in [9.17, 15) is 22.6 Å². The van der Waals surface area contributed by atoms with Crippen LogP contribution in [0.1, 0.15) is 43.2 Å². The second-order valence-electron chi connectivity index (χ2n) is 10.9. The summed E-state index contributed by atoms with van der Waals surface area (Å²) in [4.78, 5) is 23.7. The number of carbonyl (C=O) groups excluding carboxylic acids is 2. The monoisotopic (exact) mass is 713 g/mol. The van der Waals surface area contributed by atoms with Gasteiger partial charge in [-0.1, -0.05) is 30.3 Å². The fourth-order valence-corrected chi connectivity index (χ4v) is 8.05. The first-order valence-corrected chi connectivity index (χ1v) is 18.9. The van der Waals surface area contributed by atoms with Crippen molar-refractivity contribution < 1.29 is 46.0 Å². The van der Waals surface area contributed by atoms with Gasteiger partial charge >= 0.3 is 11.9 Å². The first-order chi connectivity index (χ1) is 23.5. The van der Waals surface area contributed by atoms with Crippen molar-refractivity contribution in [3.05, 3.63) is 65.7 Å². The zero-order valence-electron chi connectivity index (χ0n) is 27.7. The van der Waals surface area contributed by atoms with Crippen molar-refractivity contribution in [3.8, 4) is 23.6 Å². The van der Waals surface area contributed by atoms with E-state index in [0.717, 1.165) is 29.0 Å². The lowest BCUT2D eigenvalue weighted by Crippen LogP contribution is -2.41. The minimum atomic E-state index is -4.14. The molecule has 0 unspecified atom stereocenters. The Labute approximate surface area is 286 Å². The van der Waals surface area contributed by atoms with Gasteiger partial charge in [0, 0.05) is 48.8 Å². The zero-order chi connectivity index (χ0) is 35.9. The van der Waals surface area contributed by atoms with Crippen molar-refractivity contribution in [2.24, 2.45) is 0 Å². The molecule has 262 valence electrons. The van der Waals surface area contributed by atoms with Crippen molar-refractivity contribution in [2.75, 3.05) is 46.9 Å². The summed E-state index contributed by atoms with van der Waals surface area (Å²) in [6.07, 6.45) is 0.907. The molecule has 0 aliphatic carbocycles. The van der Waals surface area contributed by atoms with E-state index in [-0.39, 0.29) is 56.1 Å². The Kier molecular flexibility index (Phi) is 15.0. The van der Waals surface area contributed by atoms with Crippen LogP contribution in [0, 0.1) is 22.7 Å². The third-order valence-electron chi connectivity index (χ3n) is 7.55. The third-order valence-corrected chi connectivity index (χ3v) is 11.5. The van der Waals surface area contributed by atoms with Crippen LogP contribution in [0.2, 0.25) is 0 Å². The number of hydrogen-bond donors (Lipinski definition) is 1. The Morgan fingerprint density at radius 3 is 2.20 bits per heavy atom. The van der Waals surface area contributed by atoms with Gasteiger partial charge in [-0.05, 0) is 48.2 Å². The molecule has 0 spiro atoms. The topological polar surface area (TPSA) is 191 Å². The van der Waals surface area contributed by atoms with Crippen LogP contribution in [-0.4, -0.2) is 73.3 Å². The Balaban J connectivity index is 1.77. The molecule has 0 saturated carbocycles. The van der Waals surface area contributed by atoms with Crippen LogP contribution in [0.5, 0.6) is 11.5 Å². The van der Waals surface area contributed by atoms with Gasteiger partial charge in [-0.15, -0.1) is 0 Å². The molecule has 0 aliphatic rings. The number of nitrogens with zero attached hydrogens (tertiary/aromatic N) is 2. The molecule has 0 aromatic heterocycles. The Morgan fingerprint density at radius 1 is 0.898 bits per heavy atom. The fraction of sp³-hybridized carbons (Fsp3) is 0.412. The predicted molar refractivity (Wildman–Crippen MR) is 181 cm³/mol. The van der Waals surface area contributed by atoms with Crippen LogP contribution in [0.4, 0.5) is 0 Å². The van der Waals surface area contributed by atoms with Crippen LogP contribution in [0.15, 0.2) is 59.5 Å². The van der Waals surface area contributed by atoms with Gasteiger partial charge in [0.25, 0.3) is 0 Å². The molecule has 0 heterocycles.